The SMILES string of the molecule is CN1CCN(c2ccc(Oc3ccc4c(c3)CCN(CC3CC3)CC4)cc2)C1=O. The van der Waals surface area contributed by atoms with E-state index in [2.05, 4.69) is 23.1 Å². The fourth-order valence-corrected chi connectivity index (χ4v) is 4.38. The van der Waals surface area contributed by atoms with E-state index in [0.29, 0.717) is 0 Å². The molecule has 5 heteroatoms. The van der Waals surface area contributed by atoms with Gasteiger partial charge in [0.25, 0.3) is 0 Å². The summed E-state index contributed by atoms with van der Waals surface area (Å²) in [5.74, 6) is 2.65. The van der Waals surface area contributed by atoms with Gasteiger partial charge in [-0.1, -0.05) is 6.07 Å². The van der Waals surface area contributed by atoms with Gasteiger partial charge in [-0.2, -0.15) is 0 Å². The maximum atomic E-state index is 12.1. The number of carbonyl (C=O) groups excluding carboxylic acids is 1. The van der Waals surface area contributed by atoms with Crippen molar-refractivity contribution in [3.8, 4) is 11.5 Å². The van der Waals surface area contributed by atoms with Gasteiger partial charge in [-0.3, -0.25) is 4.90 Å². The van der Waals surface area contributed by atoms with E-state index in [1.165, 1.54) is 37.1 Å². The number of anilines is 1. The van der Waals surface area contributed by atoms with Crippen molar-refractivity contribution in [1.82, 2.24) is 9.80 Å². The molecule has 0 aromatic heterocycles. The number of fused-ring (bicyclic) bond motifs is 1. The van der Waals surface area contributed by atoms with Crippen molar-refractivity contribution in [3.63, 3.8) is 0 Å². The Morgan fingerprint density at radius 1 is 0.897 bits per heavy atom. The number of likely N-dealkylation sites (N-methyl/N-ethyl adjacent to an activating group) is 1. The Kier molecular flexibility index (Phi) is 4.92. The Bertz CT molecular complexity index is 891. The normalized spacial score (nSPS) is 20.0. The van der Waals surface area contributed by atoms with Crippen molar-refractivity contribution in [2.24, 2.45) is 5.92 Å². The summed E-state index contributed by atoms with van der Waals surface area (Å²) in [4.78, 5) is 18.3. The van der Waals surface area contributed by atoms with Gasteiger partial charge in [0.15, 0.2) is 0 Å². The van der Waals surface area contributed by atoms with Crippen LogP contribution in [0.2, 0.25) is 0 Å². The van der Waals surface area contributed by atoms with Crippen molar-refractivity contribution in [2.45, 2.75) is 25.7 Å². The molecule has 0 unspecified atom stereocenters. The van der Waals surface area contributed by atoms with Crippen LogP contribution < -0.4 is 9.64 Å². The molecule has 0 atom stereocenters. The third-order valence-corrected chi connectivity index (χ3v) is 6.39. The molecule has 0 bridgehead atoms. The summed E-state index contributed by atoms with van der Waals surface area (Å²) < 4.78 is 6.12. The average Bonchev–Trinajstić information content (AvgIpc) is 3.52. The molecule has 2 fully saturated rings. The highest BCUT2D eigenvalue weighted by atomic mass is 16.5. The molecule has 2 aromatic carbocycles. The van der Waals surface area contributed by atoms with Gasteiger partial charge < -0.3 is 14.5 Å². The standard InChI is InChI=1S/C24H29N3O2/c1-25-14-15-27(24(25)28)21-5-8-22(9-6-21)29-23-7-4-19-10-12-26(17-18-2-3-18)13-11-20(19)16-23/h4-9,16,18H,2-3,10-15,17H2,1H3. The molecule has 3 aliphatic rings. The maximum absolute atomic E-state index is 12.1. The zero-order valence-electron chi connectivity index (χ0n) is 17.1. The van der Waals surface area contributed by atoms with E-state index in [1.807, 2.05) is 31.3 Å². The monoisotopic (exact) mass is 391 g/mol. The van der Waals surface area contributed by atoms with Gasteiger partial charge in [0.2, 0.25) is 0 Å². The van der Waals surface area contributed by atoms with E-state index >= 15 is 0 Å². The highest BCUT2D eigenvalue weighted by Gasteiger charge is 2.27. The molecule has 1 saturated carbocycles. The molecule has 2 amide bonds. The van der Waals surface area contributed by atoms with E-state index in [9.17, 15) is 4.79 Å². The minimum Gasteiger partial charge on any atom is -0.457 e. The van der Waals surface area contributed by atoms with Gasteiger partial charge in [-0.15, -0.1) is 0 Å². The number of benzene rings is 2. The zero-order valence-corrected chi connectivity index (χ0v) is 17.1. The Hall–Kier alpha value is -2.53. The first-order valence-corrected chi connectivity index (χ1v) is 10.8. The van der Waals surface area contributed by atoms with Gasteiger partial charge in [0, 0.05) is 45.5 Å². The average molecular weight is 392 g/mol. The smallest absolute Gasteiger partial charge is 0.324 e. The van der Waals surface area contributed by atoms with Crippen LogP contribution in [0.3, 0.4) is 0 Å². The van der Waals surface area contributed by atoms with Gasteiger partial charge in [-0.25, -0.2) is 4.79 Å². The van der Waals surface area contributed by atoms with Crippen LogP contribution in [0.1, 0.15) is 24.0 Å². The lowest BCUT2D eigenvalue weighted by atomic mass is 10.0. The molecule has 29 heavy (non-hydrogen) atoms. The van der Waals surface area contributed by atoms with Crippen LogP contribution in [-0.2, 0) is 12.8 Å². The second kappa shape index (κ2) is 7.71. The molecular formula is C24H29N3O2. The third kappa shape index (κ3) is 4.10. The Balaban J connectivity index is 1.24. The molecule has 2 aromatic rings. The number of hydrogen-bond acceptors (Lipinski definition) is 3. The van der Waals surface area contributed by atoms with Crippen LogP contribution >= 0.6 is 0 Å². The molecule has 1 saturated heterocycles. The second-order valence-corrected chi connectivity index (χ2v) is 8.63. The summed E-state index contributed by atoms with van der Waals surface area (Å²) >= 11 is 0. The molecule has 152 valence electrons. The van der Waals surface area contributed by atoms with E-state index in [1.54, 1.807) is 9.80 Å². The number of carbonyl (C=O) groups is 1. The molecule has 0 radical (unpaired) electrons. The first-order chi connectivity index (χ1) is 14.2. The zero-order chi connectivity index (χ0) is 19.8. The summed E-state index contributed by atoms with van der Waals surface area (Å²) in [6, 6.07) is 14.4. The molecular weight excluding hydrogens is 362 g/mol. The van der Waals surface area contributed by atoms with E-state index in [0.717, 1.165) is 55.6 Å². The lowest BCUT2D eigenvalue weighted by Gasteiger charge is -2.18. The summed E-state index contributed by atoms with van der Waals surface area (Å²) in [7, 11) is 1.84. The van der Waals surface area contributed by atoms with Crippen LogP contribution in [0.5, 0.6) is 11.5 Å². The lowest BCUT2D eigenvalue weighted by molar-refractivity contribution is 0.229. The van der Waals surface area contributed by atoms with Gasteiger partial charge in [0.1, 0.15) is 11.5 Å². The molecule has 2 aliphatic heterocycles. The van der Waals surface area contributed by atoms with E-state index in [4.69, 9.17) is 4.74 Å². The number of ether oxygens (including phenoxy) is 1. The quantitative estimate of drug-likeness (QED) is 0.768. The first kappa shape index (κ1) is 18.5. The molecule has 5 nitrogen and oxygen atoms in total. The topological polar surface area (TPSA) is 36.0 Å². The third-order valence-electron chi connectivity index (χ3n) is 6.39. The van der Waals surface area contributed by atoms with Crippen LogP contribution in [-0.4, -0.2) is 55.6 Å². The van der Waals surface area contributed by atoms with Crippen molar-refractivity contribution in [2.75, 3.05) is 44.7 Å². The largest absolute Gasteiger partial charge is 0.457 e. The van der Waals surface area contributed by atoms with Crippen LogP contribution in [0, 0.1) is 5.92 Å². The maximum Gasteiger partial charge on any atom is 0.324 e. The molecule has 1 aliphatic carbocycles. The molecule has 0 spiro atoms. The second-order valence-electron chi connectivity index (χ2n) is 8.63. The summed E-state index contributed by atoms with van der Waals surface area (Å²) in [6.07, 6.45) is 5.07. The predicted molar refractivity (Wildman–Crippen MR) is 115 cm³/mol. The fraction of sp³-hybridized carbons (Fsp3) is 0.458. The Morgan fingerprint density at radius 2 is 1.62 bits per heavy atom. The van der Waals surface area contributed by atoms with Crippen LogP contribution in [0.15, 0.2) is 42.5 Å². The van der Waals surface area contributed by atoms with Crippen LogP contribution in [0.4, 0.5) is 10.5 Å². The number of hydrogen-bond donors (Lipinski definition) is 0. The molecule has 2 heterocycles. The molecule has 5 rings (SSSR count). The number of amides is 2. The minimum atomic E-state index is 0.0557. The lowest BCUT2D eigenvalue weighted by Crippen LogP contribution is -2.28. The first-order valence-electron chi connectivity index (χ1n) is 10.8. The van der Waals surface area contributed by atoms with Gasteiger partial charge in [0.05, 0.1) is 0 Å². The Morgan fingerprint density at radius 3 is 2.31 bits per heavy atom. The van der Waals surface area contributed by atoms with Crippen molar-refractivity contribution >= 4 is 11.7 Å². The van der Waals surface area contributed by atoms with Crippen molar-refractivity contribution in [3.05, 3.63) is 53.6 Å². The van der Waals surface area contributed by atoms with Gasteiger partial charge >= 0.3 is 6.03 Å². The summed E-state index contributed by atoms with van der Waals surface area (Å²) in [6.45, 7) is 5.11. The number of nitrogens with zero attached hydrogens (tertiary/aromatic N) is 3. The van der Waals surface area contributed by atoms with Crippen LogP contribution in [0.25, 0.3) is 0 Å². The van der Waals surface area contributed by atoms with Gasteiger partial charge in [-0.05, 0) is 79.1 Å². The highest BCUT2D eigenvalue weighted by Crippen LogP contribution is 2.32. The minimum absolute atomic E-state index is 0.0557. The predicted octanol–water partition coefficient (Wildman–Crippen LogP) is 4.16. The van der Waals surface area contributed by atoms with E-state index in [-0.39, 0.29) is 6.03 Å². The number of rotatable bonds is 5. The van der Waals surface area contributed by atoms with Crippen molar-refractivity contribution < 1.29 is 9.53 Å². The number of urea groups is 1. The fourth-order valence-electron chi connectivity index (χ4n) is 4.38. The summed E-state index contributed by atoms with van der Waals surface area (Å²) in [5, 5.41) is 0. The molecule has 0 N–H and O–H groups in total. The highest BCUT2D eigenvalue weighted by molar-refractivity contribution is 5.93. The Labute approximate surface area is 172 Å². The van der Waals surface area contributed by atoms with E-state index < -0.39 is 0 Å². The van der Waals surface area contributed by atoms with Crippen molar-refractivity contribution in [1.29, 1.82) is 0 Å². The summed E-state index contributed by atoms with van der Waals surface area (Å²) in [5.41, 5.74) is 3.80.